The first-order valence-electron chi connectivity index (χ1n) is 6.50. The van der Waals surface area contributed by atoms with Crippen molar-refractivity contribution in [2.24, 2.45) is 5.92 Å². The lowest BCUT2D eigenvalue weighted by Crippen LogP contribution is -2.37. The van der Waals surface area contributed by atoms with E-state index in [1.807, 2.05) is 7.05 Å². The lowest BCUT2D eigenvalue weighted by atomic mass is 9.97. The predicted octanol–water partition coefficient (Wildman–Crippen LogP) is 3.07. The van der Waals surface area contributed by atoms with E-state index in [4.69, 9.17) is 23.2 Å². The number of nitrogens with one attached hydrogen (secondary N) is 1. The molecule has 0 radical (unpaired) electrons. The first kappa shape index (κ1) is 14.6. The molecule has 0 aromatic heterocycles. The van der Waals surface area contributed by atoms with Gasteiger partial charge in [0.15, 0.2) is 0 Å². The number of piperidine rings is 1. The molecule has 0 aliphatic carbocycles. The van der Waals surface area contributed by atoms with Crippen LogP contribution in [0.1, 0.15) is 23.2 Å². The van der Waals surface area contributed by atoms with Crippen LogP contribution in [0, 0.1) is 5.92 Å². The van der Waals surface area contributed by atoms with E-state index in [0.29, 0.717) is 21.5 Å². The number of hydrogen-bond donors (Lipinski definition) is 1. The molecule has 1 aromatic carbocycles. The fourth-order valence-corrected chi connectivity index (χ4v) is 2.99. The van der Waals surface area contributed by atoms with Crippen molar-refractivity contribution in [3.63, 3.8) is 0 Å². The molecule has 0 saturated carbocycles. The molecule has 1 saturated heterocycles. The normalized spacial score (nSPS) is 16.4. The van der Waals surface area contributed by atoms with Gasteiger partial charge in [0.2, 0.25) is 0 Å². The third kappa shape index (κ3) is 3.62. The minimum absolute atomic E-state index is 0.103. The van der Waals surface area contributed by atoms with Gasteiger partial charge in [-0.1, -0.05) is 29.3 Å². The molecule has 1 aliphatic rings. The van der Waals surface area contributed by atoms with Crippen LogP contribution >= 0.6 is 23.2 Å². The predicted molar refractivity (Wildman–Crippen MR) is 79.0 cm³/mol. The van der Waals surface area contributed by atoms with E-state index >= 15 is 0 Å². The van der Waals surface area contributed by atoms with Gasteiger partial charge < -0.3 is 10.2 Å². The SMILES string of the molecule is CN(CC1CCNCC1)C(=O)c1c(Cl)cccc1Cl. The Kier molecular flexibility index (Phi) is 5.08. The van der Waals surface area contributed by atoms with Crippen LogP contribution in [0.3, 0.4) is 0 Å². The summed E-state index contributed by atoms with van der Waals surface area (Å²) in [6.45, 7) is 2.81. The highest BCUT2D eigenvalue weighted by Gasteiger charge is 2.22. The minimum Gasteiger partial charge on any atom is -0.341 e. The van der Waals surface area contributed by atoms with E-state index < -0.39 is 0 Å². The average Bonchev–Trinajstić information content (AvgIpc) is 2.39. The Hall–Kier alpha value is -0.770. The molecule has 1 amide bonds. The van der Waals surface area contributed by atoms with Gasteiger partial charge in [0, 0.05) is 13.6 Å². The molecule has 0 bridgehead atoms. The Balaban J connectivity index is 2.06. The van der Waals surface area contributed by atoms with E-state index in [1.54, 1.807) is 23.1 Å². The number of amides is 1. The van der Waals surface area contributed by atoms with Crippen LogP contribution in [-0.4, -0.2) is 37.5 Å². The quantitative estimate of drug-likeness (QED) is 0.930. The van der Waals surface area contributed by atoms with E-state index in [-0.39, 0.29) is 5.91 Å². The lowest BCUT2D eigenvalue weighted by Gasteiger charge is -2.28. The van der Waals surface area contributed by atoms with Gasteiger partial charge in [0.25, 0.3) is 5.91 Å². The molecule has 104 valence electrons. The zero-order valence-electron chi connectivity index (χ0n) is 11.0. The standard InChI is InChI=1S/C14H18Cl2N2O/c1-18(9-10-5-7-17-8-6-10)14(19)13-11(15)3-2-4-12(13)16/h2-4,10,17H,5-9H2,1H3. The molecular formula is C14H18Cl2N2O. The topological polar surface area (TPSA) is 32.3 Å². The first-order valence-corrected chi connectivity index (χ1v) is 7.25. The van der Waals surface area contributed by atoms with Crippen LogP contribution < -0.4 is 5.32 Å². The lowest BCUT2D eigenvalue weighted by molar-refractivity contribution is 0.0763. The van der Waals surface area contributed by atoms with Gasteiger partial charge in [0.05, 0.1) is 15.6 Å². The second-order valence-electron chi connectivity index (χ2n) is 4.98. The van der Waals surface area contributed by atoms with Crippen molar-refractivity contribution < 1.29 is 4.79 Å². The summed E-state index contributed by atoms with van der Waals surface area (Å²) >= 11 is 12.1. The third-order valence-electron chi connectivity index (χ3n) is 3.51. The fourth-order valence-electron chi connectivity index (χ4n) is 2.43. The summed E-state index contributed by atoms with van der Waals surface area (Å²) in [5.41, 5.74) is 0.405. The molecule has 3 nitrogen and oxygen atoms in total. The molecule has 1 heterocycles. The van der Waals surface area contributed by atoms with Crippen molar-refractivity contribution in [2.45, 2.75) is 12.8 Å². The maximum absolute atomic E-state index is 12.4. The maximum Gasteiger partial charge on any atom is 0.256 e. The number of nitrogens with zero attached hydrogens (tertiary/aromatic N) is 1. The van der Waals surface area contributed by atoms with E-state index in [1.165, 1.54) is 0 Å². The zero-order valence-corrected chi connectivity index (χ0v) is 12.5. The van der Waals surface area contributed by atoms with Gasteiger partial charge in [0.1, 0.15) is 0 Å². The highest BCUT2D eigenvalue weighted by molar-refractivity contribution is 6.39. The first-order chi connectivity index (χ1) is 9.09. The maximum atomic E-state index is 12.4. The molecule has 1 aliphatic heterocycles. The zero-order chi connectivity index (χ0) is 13.8. The highest BCUT2D eigenvalue weighted by atomic mass is 35.5. The number of benzene rings is 1. The molecule has 0 unspecified atom stereocenters. The van der Waals surface area contributed by atoms with Crippen LogP contribution in [0.2, 0.25) is 10.0 Å². The number of carbonyl (C=O) groups excluding carboxylic acids is 1. The molecular weight excluding hydrogens is 283 g/mol. The van der Waals surface area contributed by atoms with E-state index in [0.717, 1.165) is 32.5 Å². The van der Waals surface area contributed by atoms with E-state index in [9.17, 15) is 4.79 Å². The Morgan fingerprint density at radius 3 is 2.47 bits per heavy atom. The minimum atomic E-state index is -0.103. The second-order valence-corrected chi connectivity index (χ2v) is 5.79. The third-order valence-corrected chi connectivity index (χ3v) is 4.14. The monoisotopic (exact) mass is 300 g/mol. The average molecular weight is 301 g/mol. The van der Waals surface area contributed by atoms with Crippen LogP contribution in [0.5, 0.6) is 0 Å². The van der Waals surface area contributed by atoms with Crippen molar-refractivity contribution in [2.75, 3.05) is 26.7 Å². The number of carbonyl (C=O) groups is 1. The van der Waals surface area contributed by atoms with Gasteiger partial charge in [-0.25, -0.2) is 0 Å². The van der Waals surface area contributed by atoms with Gasteiger partial charge >= 0.3 is 0 Å². The van der Waals surface area contributed by atoms with E-state index in [2.05, 4.69) is 5.32 Å². The van der Waals surface area contributed by atoms with Crippen molar-refractivity contribution in [3.05, 3.63) is 33.8 Å². The number of rotatable bonds is 3. The Morgan fingerprint density at radius 1 is 1.32 bits per heavy atom. The van der Waals surface area contributed by atoms with Crippen LogP contribution in [0.25, 0.3) is 0 Å². The fraction of sp³-hybridized carbons (Fsp3) is 0.500. The van der Waals surface area contributed by atoms with Gasteiger partial charge in [-0.3, -0.25) is 4.79 Å². The summed E-state index contributed by atoms with van der Waals surface area (Å²) in [5.74, 6) is 0.450. The summed E-state index contributed by atoms with van der Waals surface area (Å²) in [5, 5.41) is 4.14. The van der Waals surface area contributed by atoms with Crippen LogP contribution in [0.15, 0.2) is 18.2 Å². The Bertz CT molecular complexity index is 439. The number of hydrogen-bond acceptors (Lipinski definition) is 2. The van der Waals surface area contributed by atoms with Crippen molar-refractivity contribution >= 4 is 29.1 Å². The summed E-state index contributed by atoms with van der Waals surface area (Å²) in [6, 6.07) is 5.13. The summed E-state index contributed by atoms with van der Waals surface area (Å²) in [6.07, 6.45) is 2.21. The summed E-state index contributed by atoms with van der Waals surface area (Å²) in [7, 11) is 1.81. The smallest absolute Gasteiger partial charge is 0.256 e. The molecule has 1 fully saturated rings. The summed E-state index contributed by atoms with van der Waals surface area (Å²) < 4.78 is 0. The molecule has 5 heteroatoms. The Morgan fingerprint density at radius 2 is 1.89 bits per heavy atom. The molecule has 1 aromatic rings. The van der Waals surface area contributed by atoms with Gasteiger partial charge in [-0.05, 0) is 44.0 Å². The van der Waals surface area contributed by atoms with Crippen LogP contribution in [0.4, 0.5) is 0 Å². The van der Waals surface area contributed by atoms with Crippen molar-refractivity contribution in [1.82, 2.24) is 10.2 Å². The van der Waals surface area contributed by atoms with Crippen molar-refractivity contribution in [1.29, 1.82) is 0 Å². The second kappa shape index (κ2) is 6.60. The largest absolute Gasteiger partial charge is 0.341 e. The molecule has 0 atom stereocenters. The molecule has 2 rings (SSSR count). The highest BCUT2D eigenvalue weighted by Crippen LogP contribution is 2.26. The molecule has 1 N–H and O–H groups in total. The van der Waals surface area contributed by atoms with Gasteiger partial charge in [-0.15, -0.1) is 0 Å². The molecule has 0 spiro atoms. The van der Waals surface area contributed by atoms with Crippen LogP contribution in [-0.2, 0) is 0 Å². The Labute approximate surface area is 123 Å². The number of halogens is 2. The molecule has 19 heavy (non-hydrogen) atoms. The summed E-state index contributed by atoms with van der Waals surface area (Å²) in [4.78, 5) is 14.1. The van der Waals surface area contributed by atoms with Crippen molar-refractivity contribution in [3.8, 4) is 0 Å². The van der Waals surface area contributed by atoms with Gasteiger partial charge in [-0.2, -0.15) is 0 Å².